The normalized spacial score (nSPS) is 15.9. The van der Waals surface area contributed by atoms with Crippen LogP contribution in [-0.2, 0) is 4.74 Å². The van der Waals surface area contributed by atoms with Crippen LogP contribution in [0.1, 0.15) is 12.8 Å². The Kier molecular flexibility index (Phi) is 3.28. The van der Waals surface area contributed by atoms with Gasteiger partial charge in [0.05, 0.1) is 7.11 Å². The van der Waals surface area contributed by atoms with Gasteiger partial charge in [-0.1, -0.05) is 0 Å². The summed E-state index contributed by atoms with van der Waals surface area (Å²) in [5.74, 6) is 0. The van der Waals surface area contributed by atoms with E-state index in [0.29, 0.717) is 0 Å². The summed E-state index contributed by atoms with van der Waals surface area (Å²) in [4.78, 5) is 13.0. The van der Waals surface area contributed by atoms with Crippen LogP contribution in [0.4, 0.5) is 4.79 Å². The second-order valence-electron chi connectivity index (χ2n) is 2.62. The molecule has 12 heavy (non-hydrogen) atoms. The van der Waals surface area contributed by atoms with Gasteiger partial charge in [0.2, 0.25) is 0 Å². The third kappa shape index (κ3) is 2.34. The summed E-state index contributed by atoms with van der Waals surface area (Å²) in [6.07, 6.45) is 2.15. The van der Waals surface area contributed by atoms with Crippen molar-refractivity contribution in [3.8, 4) is 0 Å². The third-order valence-electron chi connectivity index (χ3n) is 1.79. The van der Waals surface area contributed by atoms with E-state index in [1.807, 2.05) is 0 Å². The Hall–Kier alpha value is -0.840. The second kappa shape index (κ2) is 4.25. The molecule has 1 aliphatic rings. The Labute approximate surface area is 76.9 Å². The van der Waals surface area contributed by atoms with Gasteiger partial charge in [-0.25, -0.2) is 4.79 Å². The number of carbonyl (C=O) groups is 1. The summed E-state index contributed by atoms with van der Waals surface area (Å²) >= 11 is 4.69. The number of hydrogen-bond donors (Lipinski definition) is 1. The highest BCUT2D eigenvalue weighted by molar-refractivity contribution is 7.80. The van der Waals surface area contributed by atoms with E-state index in [9.17, 15) is 4.79 Å². The molecule has 0 aromatic heterocycles. The molecular weight excluding hydrogens is 176 g/mol. The largest absolute Gasteiger partial charge is 0.474 e. The van der Waals surface area contributed by atoms with Gasteiger partial charge in [-0.15, -0.1) is 0 Å². The van der Waals surface area contributed by atoms with Crippen LogP contribution in [0.3, 0.4) is 0 Å². The number of amides is 2. The first-order chi connectivity index (χ1) is 5.74. The molecule has 68 valence electrons. The molecule has 0 saturated carbocycles. The molecule has 1 N–H and O–H groups in total. The molecule has 5 heteroatoms. The number of ether oxygens (including phenoxy) is 1. The highest BCUT2D eigenvalue weighted by Gasteiger charge is 2.18. The van der Waals surface area contributed by atoms with Crippen LogP contribution in [0.25, 0.3) is 0 Å². The Morgan fingerprint density at radius 1 is 1.50 bits per heavy atom. The highest BCUT2D eigenvalue weighted by Crippen LogP contribution is 2.06. The van der Waals surface area contributed by atoms with Crippen molar-refractivity contribution in [3.63, 3.8) is 0 Å². The van der Waals surface area contributed by atoms with Crippen molar-refractivity contribution in [3.05, 3.63) is 0 Å². The van der Waals surface area contributed by atoms with Crippen molar-refractivity contribution in [2.24, 2.45) is 0 Å². The smallest absolute Gasteiger partial charge is 0.324 e. The van der Waals surface area contributed by atoms with Gasteiger partial charge in [-0.2, -0.15) is 0 Å². The fraction of sp³-hybridized carbons (Fsp3) is 0.714. The number of hydrogen-bond acceptors (Lipinski definition) is 3. The van der Waals surface area contributed by atoms with E-state index in [-0.39, 0.29) is 11.2 Å². The van der Waals surface area contributed by atoms with Crippen LogP contribution in [0.15, 0.2) is 0 Å². The zero-order valence-corrected chi connectivity index (χ0v) is 7.82. The second-order valence-corrected chi connectivity index (χ2v) is 2.99. The topological polar surface area (TPSA) is 41.6 Å². The molecular formula is C7H12N2O2S. The first kappa shape index (κ1) is 9.25. The molecule has 1 fully saturated rings. The lowest BCUT2D eigenvalue weighted by molar-refractivity contribution is 0.211. The zero-order chi connectivity index (χ0) is 8.97. The summed E-state index contributed by atoms with van der Waals surface area (Å²) in [7, 11) is 1.44. The van der Waals surface area contributed by atoms with Gasteiger partial charge in [-0.05, 0) is 25.1 Å². The van der Waals surface area contributed by atoms with Crippen molar-refractivity contribution in [2.75, 3.05) is 20.2 Å². The first-order valence-electron chi connectivity index (χ1n) is 3.88. The van der Waals surface area contributed by atoms with Gasteiger partial charge in [0.1, 0.15) is 0 Å². The third-order valence-corrected chi connectivity index (χ3v) is 2.06. The minimum atomic E-state index is -0.153. The molecule has 0 aromatic carbocycles. The molecule has 0 aliphatic carbocycles. The van der Waals surface area contributed by atoms with E-state index in [2.05, 4.69) is 22.3 Å². The Bertz CT molecular complexity index is 190. The molecule has 0 aromatic rings. The molecule has 1 saturated heterocycles. The highest BCUT2D eigenvalue weighted by atomic mass is 32.1. The number of nitrogens with zero attached hydrogens (tertiary/aromatic N) is 1. The maximum atomic E-state index is 11.3. The van der Waals surface area contributed by atoms with Gasteiger partial charge in [0.15, 0.2) is 0 Å². The molecule has 1 heterocycles. The Morgan fingerprint density at radius 3 is 2.58 bits per heavy atom. The molecule has 0 spiro atoms. The molecule has 1 rings (SSSR count). The number of likely N-dealkylation sites (tertiary alicyclic amines) is 1. The van der Waals surface area contributed by atoms with E-state index in [1.54, 1.807) is 4.90 Å². The van der Waals surface area contributed by atoms with Gasteiger partial charge in [0, 0.05) is 13.1 Å². The van der Waals surface area contributed by atoms with Crippen LogP contribution >= 0.6 is 12.2 Å². The van der Waals surface area contributed by atoms with Crippen molar-refractivity contribution in [2.45, 2.75) is 12.8 Å². The van der Waals surface area contributed by atoms with Gasteiger partial charge < -0.3 is 9.64 Å². The maximum absolute atomic E-state index is 11.3. The Morgan fingerprint density at radius 2 is 2.08 bits per heavy atom. The molecule has 0 atom stereocenters. The number of nitrogens with one attached hydrogen (secondary N) is 1. The number of rotatable bonds is 0. The SMILES string of the molecule is COC(=S)NC(=O)N1CCCC1. The summed E-state index contributed by atoms with van der Waals surface area (Å²) in [5, 5.41) is 2.60. The Balaban J connectivity index is 2.32. The van der Waals surface area contributed by atoms with E-state index in [0.717, 1.165) is 25.9 Å². The molecule has 2 amide bonds. The van der Waals surface area contributed by atoms with Crippen LogP contribution in [-0.4, -0.2) is 36.3 Å². The van der Waals surface area contributed by atoms with E-state index < -0.39 is 0 Å². The van der Waals surface area contributed by atoms with Gasteiger partial charge >= 0.3 is 6.03 Å². The zero-order valence-electron chi connectivity index (χ0n) is 7.00. The lowest BCUT2D eigenvalue weighted by Gasteiger charge is -2.15. The fourth-order valence-electron chi connectivity index (χ4n) is 1.14. The molecule has 0 bridgehead atoms. The van der Waals surface area contributed by atoms with Crippen molar-refractivity contribution < 1.29 is 9.53 Å². The van der Waals surface area contributed by atoms with Crippen LogP contribution in [0.2, 0.25) is 0 Å². The standard InChI is InChI=1S/C7H12N2O2S/c1-11-7(12)8-6(10)9-4-2-3-5-9/h2-5H2,1H3,(H,8,10,12). The molecule has 4 nitrogen and oxygen atoms in total. The van der Waals surface area contributed by atoms with Gasteiger partial charge in [0.25, 0.3) is 5.17 Å². The predicted molar refractivity (Wildman–Crippen MR) is 48.9 cm³/mol. The van der Waals surface area contributed by atoms with Crippen LogP contribution < -0.4 is 5.32 Å². The molecule has 0 unspecified atom stereocenters. The van der Waals surface area contributed by atoms with Gasteiger partial charge in [-0.3, -0.25) is 5.32 Å². The van der Waals surface area contributed by atoms with Crippen molar-refractivity contribution >= 4 is 23.4 Å². The lowest BCUT2D eigenvalue weighted by atomic mass is 10.4. The minimum Gasteiger partial charge on any atom is -0.474 e. The van der Waals surface area contributed by atoms with Crippen LogP contribution in [0.5, 0.6) is 0 Å². The summed E-state index contributed by atoms with van der Waals surface area (Å²) in [5.41, 5.74) is 0. The average Bonchev–Trinajstić information content (AvgIpc) is 2.56. The monoisotopic (exact) mass is 188 g/mol. The van der Waals surface area contributed by atoms with Crippen molar-refractivity contribution in [1.29, 1.82) is 0 Å². The van der Waals surface area contributed by atoms with E-state index in [4.69, 9.17) is 0 Å². The number of methoxy groups -OCH3 is 1. The summed E-state index contributed by atoms with van der Waals surface area (Å²) in [6.45, 7) is 1.64. The number of carbonyl (C=O) groups excluding carboxylic acids is 1. The van der Waals surface area contributed by atoms with E-state index in [1.165, 1.54) is 7.11 Å². The maximum Gasteiger partial charge on any atom is 0.324 e. The predicted octanol–water partition coefficient (Wildman–Crippen LogP) is 0.723. The van der Waals surface area contributed by atoms with Crippen molar-refractivity contribution in [1.82, 2.24) is 10.2 Å². The fourth-order valence-corrected chi connectivity index (χ4v) is 1.22. The number of urea groups is 1. The summed E-state index contributed by atoms with van der Waals surface area (Å²) < 4.78 is 4.65. The summed E-state index contributed by atoms with van der Waals surface area (Å²) in [6, 6.07) is -0.153. The van der Waals surface area contributed by atoms with Crippen LogP contribution in [0, 0.1) is 0 Å². The first-order valence-corrected chi connectivity index (χ1v) is 4.28. The average molecular weight is 188 g/mol. The minimum absolute atomic E-state index is 0.131. The quantitative estimate of drug-likeness (QED) is 0.570. The lowest BCUT2D eigenvalue weighted by Crippen LogP contribution is -2.41. The number of thiocarbonyl (C=S) groups is 1. The van der Waals surface area contributed by atoms with E-state index >= 15 is 0 Å². The molecule has 0 radical (unpaired) electrons. The molecule has 1 aliphatic heterocycles.